The molecular formula is C16H27NO2. The second-order valence-electron chi connectivity index (χ2n) is 4.83. The van der Waals surface area contributed by atoms with Gasteiger partial charge in [0.15, 0.2) is 0 Å². The average molecular weight is 265 g/mol. The normalized spacial score (nSPS) is 12.4. The summed E-state index contributed by atoms with van der Waals surface area (Å²) in [5.74, 6) is 0.939. The summed E-state index contributed by atoms with van der Waals surface area (Å²) in [6.07, 6.45) is 2.16. The molecule has 1 aromatic rings. The highest BCUT2D eigenvalue weighted by molar-refractivity contribution is 5.39. The first-order chi connectivity index (χ1) is 9.22. The SMILES string of the molecule is CCCNC(COCCC)c1ccc(C)cc1OC. The van der Waals surface area contributed by atoms with E-state index in [4.69, 9.17) is 9.47 Å². The Balaban J connectivity index is 2.82. The molecule has 0 aliphatic carbocycles. The summed E-state index contributed by atoms with van der Waals surface area (Å²) in [5.41, 5.74) is 2.39. The van der Waals surface area contributed by atoms with Gasteiger partial charge in [-0.25, -0.2) is 0 Å². The van der Waals surface area contributed by atoms with E-state index >= 15 is 0 Å². The summed E-state index contributed by atoms with van der Waals surface area (Å²) in [5, 5.41) is 3.53. The summed E-state index contributed by atoms with van der Waals surface area (Å²) in [6.45, 7) is 8.85. The Morgan fingerprint density at radius 1 is 1.21 bits per heavy atom. The molecule has 0 heterocycles. The van der Waals surface area contributed by atoms with Crippen LogP contribution in [-0.4, -0.2) is 26.9 Å². The number of aryl methyl sites for hydroxylation is 1. The van der Waals surface area contributed by atoms with Gasteiger partial charge in [0.2, 0.25) is 0 Å². The molecular weight excluding hydrogens is 238 g/mol. The maximum absolute atomic E-state index is 5.71. The fraction of sp³-hybridized carbons (Fsp3) is 0.625. The lowest BCUT2D eigenvalue weighted by molar-refractivity contribution is 0.111. The second kappa shape index (κ2) is 8.94. The van der Waals surface area contributed by atoms with Crippen LogP contribution in [0.3, 0.4) is 0 Å². The molecule has 1 N–H and O–H groups in total. The molecule has 0 spiro atoms. The minimum atomic E-state index is 0.196. The molecule has 0 bridgehead atoms. The standard InChI is InChI=1S/C16H27NO2/c1-5-9-17-15(12-19-10-6-2)14-8-7-13(3)11-16(14)18-4/h7-8,11,15,17H,5-6,9-10,12H2,1-4H3. The van der Waals surface area contributed by atoms with Crippen molar-refractivity contribution < 1.29 is 9.47 Å². The Hall–Kier alpha value is -1.06. The quantitative estimate of drug-likeness (QED) is 0.693. The van der Waals surface area contributed by atoms with E-state index in [0.29, 0.717) is 6.61 Å². The van der Waals surface area contributed by atoms with Crippen LogP contribution in [0, 0.1) is 6.92 Å². The number of hydrogen-bond donors (Lipinski definition) is 1. The smallest absolute Gasteiger partial charge is 0.123 e. The van der Waals surface area contributed by atoms with Crippen LogP contribution >= 0.6 is 0 Å². The minimum Gasteiger partial charge on any atom is -0.496 e. The topological polar surface area (TPSA) is 30.5 Å². The van der Waals surface area contributed by atoms with Crippen LogP contribution < -0.4 is 10.1 Å². The van der Waals surface area contributed by atoms with E-state index < -0.39 is 0 Å². The van der Waals surface area contributed by atoms with Crippen molar-refractivity contribution in [2.24, 2.45) is 0 Å². The predicted octanol–water partition coefficient (Wildman–Crippen LogP) is 3.47. The van der Waals surface area contributed by atoms with Crippen molar-refractivity contribution in [2.75, 3.05) is 26.9 Å². The molecule has 0 saturated carbocycles. The van der Waals surface area contributed by atoms with Gasteiger partial charge in [0.05, 0.1) is 19.8 Å². The monoisotopic (exact) mass is 265 g/mol. The number of hydrogen-bond acceptors (Lipinski definition) is 3. The highest BCUT2D eigenvalue weighted by atomic mass is 16.5. The lowest BCUT2D eigenvalue weighted by atomic mass is 10.0. The van der Waals surface area contributed by atoms with E-state index in [0.717, 1.165) is 31.7 Å². The van der Waals surface area contributed by atoms with E-state index in [9.17, 15) is 0 Å². The van der Waals surface area contributed by atoms with Gasteiger partial charge in [-0.05, 0) is 37.9 Å². The first kappa shape index (κ1) is 16.0. The van der Waals surface area contributed by atoms with E-state index in [2.05, 4.69) is 44.3 Å². The molecule has 0 fully saturated rings. The van der Waals surface area contributed by atoms with Crippen molar-refractivity contribution in [1.29, 1.82) is 0 Å². The molecule has 0 aliphatic rings. The van der Waals surface area contributed by atoms with Crippen molar-refractivity contribution in [2.45, 2.75) is 39.7 Å². The fourth-order valence-corrected chi connectivity index (χ4v) is 2.03. The summed E-state index contributed by atoms with van der Waals surface area (Å²) >= 11 is 0. The molecule has 1 aromatic carbocycles. The largest absolute Gasteiger partial charge is 0.496 e. The molecule has 19 heavy (non-hydrogen) atoms. The van der Waals surface area contributed by atoms with Crippen molar-refractivity contribution in [1.82, 2.24) is 5.32 Å². The van der Waals surface area contributed by atoms with Crippen molar-refractivity contribution in [3.8, 4) is 5.75 Å². The van der Waals surface area contributed by atoms with Crippen LogP contribution in [0.2, 0.25) is 0 Å². The summed E-state index contributed by atoms with van der Waals surface area (Å²) in [4.78, 5) is 0. The Morgan fingerprint density at radius 2 is 2.00 bits per heavy atom. The third-order valence-electron chi connectivity index (χ3n) is 3.04. The first-order valence-corrected chi connectivity index (χ1v) is 7.18. The third-order valence-corrected chi connectivity index (χ3v) is 3.04. The molecule has 1 rings (SSSR count). The average Bonchev–Trinajstić information content (AvgIpc) is 2.43. The summed E-state index contributed by atoms with van der Waals surface area (Å²) < 4.78 is 11.2. The van der Waals surface area contributed by atoms with Crippen LogP contribution in [0.4, 0.5) is 0 Å². The maximum atomic E-state index is 5.71. The Kier molecular flexibility index (Phi) is 7.53. The Bertz CT molecular complexity index is 366. The Labute approximate surface area is 117 Å². The van der Waals surface area contributed by atoms with Gasteiger partial charge in [0, 0.05) is 12.2 Å². The number of ether oxygens (including phenoxy) is 2. The van der Waals surface area contributed by atoms with Gasteiger partial charge in [0.1, 0.15) is 5.75 Å². The molecule has 1 unspecified atom stereocenters. The summed E-state index contributed by atoms with van der Waals surface area (Å²) in [7, 11) is 1.72. The van der Waals surface area contributed by atoms with E-state index in [-0.39, 0.29) is 6.04 Å². The molecule has 108 valence electrons. The Morgan fingerprint density at radius 3 is 2.63 bits per heavy atom. The number of nitrogens with one attached hydrogen (secondary N) is 1. The zero-order chi connectivity index (χ0) is 14.1. The van der Waals surface area contributed by atoms with Gasteiger partial charge in [-0.1, -0.05) is 26.0 Å². The summed E-state index contributed by atoms with van der Waals surface area (Å²) in [6, 6.07) is 6.53. The number of benzene rings is 1. The van der Waals surface area contributed by atoms with Gasteiger partial charge in [-0.3, -0.25) is 0 Å². The van der Waals surface area contributed by atoms with E-state index in [1.165, 1.54) is 11.1 Å². The lowest BCUT2D eigenvalue weighted by Crippen LogP contribution is -2.27. The van der Waals surface area contributed by atoms with Gasteiger partial charge >= 0.3 is 0 Å². The van der Waals surface area contributed by atoms with Crippen molar-refractivity contribution in [3.05, 3.63) is 29.3 Å². The molecule has 0 saturated heterocycles. The zero-order valence-corrected chi connectivity index (χ0v) is 12.7. The van der Waals surface area contributed by atoms with Crippen LogP contribution in [-0.2, 0) is 4.74 Å². The van der Waals surface area contributed by atoms with Gasteiger partial charge in [0.25, 0.3) is 0 Å². The molecule has 0 aliphatic heterocycles. The minimum absolute atomic E-state index is 0.196. The maximum Gasteiger partial charge on any atom is 0.123 e. The van der Waals surface area contributed by atoms with Crippen LogP contribution in [0.15, 0.2) is 18.2 Å². The first-order valence-electron chi connectivity index (χ1n) is 7.18. The third kappa shape index (κ3) is 5.21. The lowest BCUT2D eigenvalue weighted by Gasteiger charge is -2.21. The van der Waals surface area contributed by atoms with Crippen LogP contribution in [0.1, 0.15) is 43.9 Å². The molecule has 3 heteroatoms. The van der Waals surface area contributed by atoms with Gasteiger partial charge in [-0.15, -0.1) is 0 Å². The number of rotatable bonds is 9. The zero-order valence-electron chi connectivity index (χ0n) is 12.7. The molecule has 0 radical (unpaired) electrons. The highest BCUT2D eigenvalue weighted by Crippen LogP contribution is 2.26. The molecule has 0 amide bonds. The van der Waals surface area contributed by atoms with Crippen molar-refractivity contribution >= 4 is 0 Å². The second-order valence-corrected chi connectivity index (χ2v) is 4.83. The number of methoxy groups -OCH3 is 1. The van der Waals surface area contributed by atoms with E-state index in [1.54, 1.807) is 7.11 Å². The predicted molar refractivity (Wildman–Crippen MR) is 79.9 cm³/mol. The van der Waals surface area contributed by atoms with Gasteiger partial charge < -0.3 is 14.8 Å². The fourth-order valence-electron chi connectivity index (χ4n) is 2.03. The van der Waals surface area contributed by atoms with Crippen LogP contribution in [0.25, 0.3) is 0 Å². The van der Waals surface area contributed by atoms with E-state index in [1.807, 2.05) is 0 Å². The molecule has 1 atom stereocenters. The molecule has 3 nitrogen and oxygen atoms in total. The van der Waals surface area contributed by atoms with Crippen LogP contribution in [0.5, 0.6) is 5.75 Å². The molecule has 0 aromatic heterocycles. The van der Waals surface area contributed by atoms with Gasteiger partial charge in [-0.2, -0.15) is 0 Å². The van der Waals surface area contributed by atoms with Crippen molar-refractivity contribution in [3.63, 3.8) is 0 Å². The highest BCUT2D eigenvalue weighted by Gasteiger charge is 2.15.